The van der Waals surface area contributed by atoms with Crippen molar-refractivity contribution in [3.05, 3.63) is 108 Å². The van der Waals surface area contributed by atoms with Gasteiger partial charge in [0.05, 0.1) is 12.1 Å². The summed E-state index contributed by atoms with van der Waals surface area (Å²) in [5.41, 5.74) is 4.04. The Bertz CT molecular complexity index is 1520. The summed E-state index contributed by atoms with van der Waals surface area (Å²) in [6, 6.07) is 18.5. The van der Waals surface area contributed by atoms with Crippen LogP contribution in [-0.4, -0.2) is 37.2 Å². The summed E-state index contributed by atoms with van der Waals surface area (Å²) in [6.07, 6.45) is 7.90. The van der Waals surface area contributed by atoms with Gasteiger partial charge in [0.25, 0.3) is 0 Å². The van der Waals surface area contributed by atoms with Gasteiger partial charge >= 0.3 is 0 Å². The molecule has 0 unspecified atom stereocenters. The van der Waals surface area contributed by atoms with Crippen molar-refractivity contribution in [2.75, 3.05) is 10.7 Å². The number of benzene rings is 3. The normalized spacial score (nSPS) is 17.5. The van der Waals surface area contributed by atoms with Crippen LogP contribution in [0.4, 0.5) is 10.1 Å². The van der Waals surface area contributed by atoms with Gasteiger partial charge in [-0.2, -0.15) is 0 Å². The maximum Gasteiger partial charge on any atom is 0.243 e. The first-order chi connectivity index (χ1) is 18.4. The third kappa shape index (κ3) is 4.94. The average Bonchev–Trinajstić information content (AvgIpc) is 2.93. The molecule has 3 N–H and O–H groups in total. The summed E-state index contributed by atoms with van der Waals surface area (Å²) >= 11 is 1.26. The molecule has 0 aliphatic carbocycles. The molecule has 1 aromatic heterocycles. The highest BCUT2D eigenvalue weighted by Crippen LogP contribution is 2.48. The van der Waals surface area contributed by atoms with Crippen LogP contribution in [0.1, 0.15) is 28.8 Å². The number of β-lactam (4-membered cyclic amide) rings is 1. The first-order valence-electron chi connectivity index (χ1n) is 11.8. The minimum Gasteiger partial charge on any atom is -0.508 e. The molecule has 6 nitrogen and oxygen atoms in total. The van der Waals surface area contributed by atoms with Crippen molar-refractivity contribution in [3.63, 3.8) is 0 Å². The molecular weight excluding hydrogens is 503 g/mol. The van der Waals surface area contributed by atoms with E-state index in [9.17, 15) is 24.5 Å². The molecular formula is C30H23FN2O4S. The molecule has 1 saturated heterocycles. The number of phenols is 2. The third-order valence-corrected chi connectivity index (χ3v) is 7.78. The highest BCUT2D eigenvalue weighted by atomic mass is 32.2. The van der Waals surface area contributed by atoms with Crippen LogP contribution < -0.4 is 4.90 Å². The Labute approximate surface area is 223 Å². The monoisotopic (exact) mass is 526 g/mol. The second-order valence-electron chi connectivity index (χ2n) is 8.87. The Balaban J connectivity index is 1.41. The Kier molecular flexibility index (Phi) is 7.05. The van der Waals surface area contributed by atoms with Gasteiger partial charge < -0.3 is 20.2 Å². The van der Waals surface area contributed by atoms with Gasteiger partial charge in [-0.25, -0.2) is 4.39 Å². The number of aromatic hydroxyl groups is 2. The Morgan fingerprint density at radius 2 is 1.74 bits per heavy atom. The van der Waals surface area contributed by atoms with E-state index in [2.05, 4.69) is 10.9 Å². The van der Waals surface area contributed by atoms with Crippen molar-refractivity contribution in [1.82, 2.24) is 4.98 Å². The number of halogens is 1. The lowest BCUT2D eigenvalue weighted by atomic mass is 9.91. The van der Waals surface area contributed by atoms with Gasteiger partial charge in [-0.05, 0) is 53.6 Å². The number of amides is 1. The van der Waals surface area contributed by atoms with Crippen molar-refractivity contribution < 1.29 is 24.5 Å². The van der Waals surface area contributed by atoms with Crippen LogP contribution in [0.2, 0.25) is 0 Å². The van der Waals surface area contributed by atoms with Crippen LogP contribution in [0.5, 0.6) is 11.5 Å². The molecule has 0 saturated carbocycles. The lowest BCUT2D eigenvalue weighted by Crippen LogP contribution is -2.57. The zero-order chi connectivity index (χ0) is 26.8. The summed E-state index contributed by atoms with van der Waals surface area (Å²) in [6.45, 7) is 0. The smallest absolute Gasteiger partial charge is 0.243 e. The standard InChI is InChI=1S/C30H23FN2O4S/c1-2-18-13-21(16-32-15-18)19-5-9-23(10-6-19)33-28(25-12-11-24(34)14-26(25)35)29(30(33)37)38-17-27(36)20-3-7-22(31)8-4-20/h1,3-16,27-29,34-36H,17H2/t27-,28+,29+/m0/s1. The number of rotatable bonds is 7. The molecule has 0 spiro atoms. The van der Waals surface area contributed by atoms with Gasteiger partial charge in [0, 0.05) is 46.6 Å². The third-order valence-electron chi connectivity index (χ3n) is 6.45. The Morgan fingerprint density at radius 3 is 2.42 bits per heavy atom. The number of aliphatic hydroxyl groups is 1. The summed E-state index contributed by atoms with van der Waals surface area (Å²) in [5.74, 6) is 1.97. The van der Waals surface area contributed by atoms with Gasteiger partial charge in [0.1, 0.15) is 22.6 Å². The number of terminal acetylenes is 1. The van der Waals surface area contributed by atoms with E-state index in [1.54, 1.807) is 23.4 Å². The highest BCUT2D eigenvalue weighted by Gasteiger charge is 2.50. The Hall–Kier alpha value is -4.32. The molecule has 1 aliphatic heterocycles. The van der Waals surface area contributed by atoms with Crippen LogP contribution in [-0.2, 0) is 4.79 Å². The molecule has 3 atom stereocenters. The van der Waals surface area contributed by atoms with Crippen LogP contribution in [0.3, 0.4) is 0 Å². The molecule has 1 amide bonds. The zero-order valence-electron chi connectivity index (χ0n) is 20.0. The summed E-state index contributed by atoms with van der Waals surface area (Å²) < 4.78 is 13.3. The van der Waals surface area contributed by atoms with Crippen molar-refractivity contribution in [2.45, 2.75) is 17.4 Å². The summed E-state index contributed by atoms with van der Waals surface area (Å²) in [5, 5.41) is 30.4. The molecule has 0 radical (unpaired) electrons. The topological polar surface area (TPSA) is 93.9 Å². The number of carbonyl (C=O) groups excluding carboxylic acids is 1. The van der Waals surface area contributed by atoms with E-state index >= 15 is 0 Å². The predicted molar refractivity (Wildman–Crippen MR) is 145 cm³/mol. The first kappa shape index (κ1) is 25.3. The predicted octanol–water partition coefficient (Wildman–Crippen LogP) is 5.20. The molecule has 4 aromatic rings. The number of phenolic OH excluding ortho intramolecular Hbond substituents is 2. The van der Waals surface area contributed by atoms with Gasteiger partial charge in [-0.1, -0.05) is 30.2 Å². The number of hydrogen-bond donors (Lipinski definition) is 3. The SMILES string of the molecule is C#Cc1cncc(-c2ccc(N3C(=O)[C@H](SC[C@H](O)c4ccc(F)cc4)[C@H]3c3ccc(O)cc3O)cc2)c1. The van der Waals surface area contributed by atoms with Crippen LogP contribution in [0.15, 0.2) is 85.2 Å². The van der Waals surface area contributed by atoms with E-state index in [-0.39, 0.29) is 23.2 Å². The van der Waals surface area contributed by atoms with Gasteiger partial charge in [-0.3, -0.25) is 9.78 Å². The Morgan fingerprint density at radius 1 is 1.00 bits per heavy atom. The van der Waals surface area contributed by atoms with E-state index < -0.39 is 23.2 Å². The van der Waals surface area contributed by atoms with Crippen LogP contribution in [0, 0.1) is 18.2 Å². The van der Waals surface area contributed by atoms with Gasteiger partial charge in [-0.15, -0.1) is 18.2 Å². The minimum absolute atomic E-state index is 0.0912. The maximum absolute atomic E-state index is 13.4. The van der Waals surface area contributed by atoms with Crippen LogP contribution >= 0.6 is 11.8 Å². The molecule has 3 aromatic carbocycles. The fourth-order valence-electron chi connectivity index (χ4n) is 4.46. The van der Waals surface area contributed by atoms with Crippen molar-refractivity contribution in [1.29, 1.82) is 0 Å². The fourth-order valence-corrected chi connectivity index (χ4v) is 5.75. The molecule has 0 bridgehead atoms. The number of anilines is 1. The number of thioether (sulfide) groups is 1. The molecule has 190 valence electrons. The lowest BCUT2D eigenvalue weighted by Gasteiger charge is -2.47. The van der Waals surface area contributed by atoms with E-state index in [0.717, 1.165) is 11.1 Å². The van der Waals surface area contributed by atoms with E-state index in [1.807, 2.05) is 30.3 Å². The van der Waals surface area contributed by atoms with E-state index in [1.165, 1.54) is 48.2 Å². The average molecular weight is 527 g/mol. The number of nitrogens with zero attached hydrogens (tertiary/aromatic N) is 2. The molecule has 1 aliphatic rings. The zero-order valence-corrected chi connectivity index (χ0v) is 20.8. The summed E-state index contributed by atoms with van der Waals surface area (Å²) in [7, 11) is 0. The molecule has 8 heteroatoms. The molecule has 1 fully saturated rings. The maximum atomic E-state index is 13.4. The van der Waals surface area contributed by atoms with E-state index in [0.29, 0.717) is 22.4 Å². The summed E-state index contributed by atoms with van der Waals surface area (Å²) in [4.78, 5) is 19.1. The van der Waals surface area contributed by atoms with E-state index in [4.69, 9.17) is 6.42 Å². The van der Waals surface area contributed by atoms with Crippen molar-refractivity contribution in [3.8, 4) is 35.0 Å². The number of aliphatic hydroxyl groups excluding tert-OH is 1. The largest absolute Gasteiger partial charge is 0.508 e. The minimum atomic E-state index is -0.900. The second-order valence-corrected chi connectivity index (χ2v) is 10.0. The number of hydrogen-bond acceptors (Lipinski definition) is 6. The second kappa shape index (κ2) is 10.6. The van der Waals surface area contributed by atoms with Gasteiger partial charge in [0.15, 0.2) is 0 Å². The fraction of sp³-hybridized carbons (Fsp3) is 0.133. The van der Waals surface area contributed by atoms with Gasteiger partial charge in [0.2, 0.25) is 5.91 Å². The molecule has 5 rings (SSSR count). The molecule has 38 heavy (non-hydrogen) atoms. The number of carbonyl (C=O) groups is 1. The lowest BCUT2D eigenvalue weighted by molar-refractivity contribution is -0.123. The number of pyridine rings is 1. The first-order valence-corrected chi connectivity index (χ1v) is 12.8. The van der Waals surface area contributed by atoms with Crippen LogP contribution in [0.25, 0.3) is 11.1 Å². The van der Waals surface area contributed by atoms with Crippen molar-refractivity contribution >= 4 is 23.4 Å². The number of aromatic nitrogens is 1. The highest BCUT2D eigenvalue weighted by molar-refractivity contribution is 8.00. The van der Waals surface area contributed by atoms with Crippen molar-refractivity contribution in [2.24, 2.45) is 0 Å². The quantitative estimate of drug-likeness (QED) is 0.226. The molecule has 2 heterocycles.